The predicted molar refractivity (Wildman–Crippen MR) is 90.3 cm³/mol. The molecule has 0 aromatic heterocycles. The van der Waals surface area contributed by atoms with Crippen LogP contribution in [0.4, 0.5) is 8.78 Å². The van der Waals surface area contributed by atoms with Crippen LogP contribution in [0.2, 0.25) is 0 Å². The number of hydrogen-bond donors (Lipinski definition) is 0. The molecule has 142 valence electrons. The second kappa shape index (κ2) is 6.04. The molecule has 3 rings (SSSR count). The fourth-order valence-corrected chi connectivity index (χ4v) is 3.97. The minimum absolute atomic E-state index is 0.120. The number of carbonyl (C=O) groups excluding carboxylic acids is 1. The molecular formula is C18H20F2O5S. The van der Waals surface area contributed by atoms with Crippen LogP contribution in [-0.4, -0.2) is 38.3 Å². The van der Waals surface area contributed by atoms with E-state index in [4.69, 9.17) is 9.47 Å². The molecule has 1 fully saturated rings. The summed E-state index contributed by atoms with van der Waals surface area (Å²) in [6.07, 6.45) is -0.0812. The van der Waals surface area contributed by atoms with Crippen LogP contribution in [0.25, 0.3) is 5.57 Å². The Bertz CT molecular complexity index is 869. The van der Waals surface area contributed by atoms with E-state index in [9.17, 15) is 22.0 Å². The molecule has 0 radical (unpaired) electrons. The Labute approximate surface area is 150 Å². The van der Waals surface area contributed by atoms with Gasteiger partial charge in [-0.2, -0.15) is 0 Å². The number of sulfone groups is 1. The van der Waals surface area contributed by atoms with Crippen LogP contribution in [0.15, 0.2) is 34.9 Å². The molecule has 1 heterocycles. The van der Waals surface area contributed by atoms with Gasteiger partial charge in [0, 0.05) is 12.7 Å². The molecule has 1 aromatic rings. The molecule has 0 bridgehead atoms. The third-order valence-electron chi connectivity index (χ3n) is 4.64. The largest absolute Gasteiger partial charge is 0.477 e. The summed E-state index contributed by atoms with van der Waals surface area (Å²) in [7, 11) is -3.37. The summed E-state index contributed by atoms with van der Waals surface area (Å²) in [6, 6.07) is 5.84. The number of hydrogen-bond acceptors (Lipinski definition) is 5. The summed E-state index contributed by atoms with van der Waals surface area (Å²) < 4.78 is 61.8. The lowest BCUT2D eigenvalue weighted by molar-refractivity contribution is -0.151. The van der Waals surface area contributed by atoms with Crippen LogP contribution in [0.1, 0.15) is 38.7 Å². The Morgan fingerprint density at radius 3 is 2.31 bits per heavy atom. The molecule has 1 saturated carbocycles. The quantitative estimate of drug-likeness (QED) is 0.743. The van der Waals surface area contributed by atoms with Gasteiger partial charge in [0.1, 0.15) is 5.60 Å². The maximum Gasteiger partial charge on any atom is 0.374 e. The summed E-state index contributed by atoms with van der Waals surface area (Å²) in [5.74, 6) is -4.01. The third kappa shape index (κ3) is 3.34. The van der Waals surface area contributed by atoms with Gasteiger partial charge in [0.25, 0.3) is 5.92 Å². The first-order valence-electron chi connectivity index (χ1n) is 8.25. The summed E-state index contributed by atoms with van der Waals surface area (Å²) in [5.41, 5.74) is -0.248. The predicted octanol–water partition coefficient (Wildman–Crippen LogP) is 3.34. The normalized spacial score (nSPS) is 24.7. The van der Waals surface area contributed by atoms with Crippen LogP contribution >= 0.6 is 0 Å². The van der Waals surface area contributed by atoms with Crippen molar-refractivity contribution in [1.82, 2.24) is 0 Å². The van der Waals surface area contributed by atoms with Crippen LogP contribution in [0.5, 0.6) is 0 Å². The number of rotatable bonds is 4. The van der Waals surface area contributed by atoms with Crippen molar-refractivity contribution in [2.24, 2.45) is 0 Å². The first-order valence-corrected chi connectivity index (χ1v) is 10.1. The van der Waals surface area contributed by atoms with E-state index in [2.05, 4.69) is 0 Å². The van der Waals surface area contributed by atoms with Gasteiger partial charge in [-0.15, -0.1) is 0 Å². The fraction of sp³-hybridized carbons (Fsp3) is 0.500. The Hall–Kier alpha value is -1.96. The molecule has 2 aliphatic rings. The number of cyclic esters (lactones) is 1. The highest BCUT2D eigenvalue weighted by atomic mass is 32.2. The van der Waals surface area contributed by atoms with Crippen LogP contribution in [0.3, 0.4) is 0 Å². The minimum Gasteiger partial charge on any atom is -0.477 e. The zero-order valence-electron chi connectivity index (χ0n) is 14.7. The lowest BCUT2D eigenvalue weighted by Crippen LogP contribution is -2.30. The van der Waals surface area contributed by atoms with Gasteiger partial charge in [0.2, 0.25) is 5.76 Å². The smallest absolute Gasteiger partial charge is 0.374 e. The summed E-state index contributed by atoms with van der Waals surface area (Å²) in [6.45, 7) is 3.27. The van der Waals surface area contributed by atoms with Gasteiger partial charge in [0.15, 0.2) is 15.9 Å². The lowest BCUT2D eigenvalue weighted by Gasteiger charge is -2.22. The molecule has 0 amide bonds. The van der Waals surface area contributed by atoms with E-state index in [0.717, 1.165) is 6.26 Å². The highest BCUT2D eigenvalue weighted by Crippen LogP contribution is 2.44. The van der Waals surface area contributed by atoms with E-state index in [-0.39, 0.29) is 23.5 Å². The zero-order chi connectivity index (χ0) is 19.3. The average Bonchev–Trinajstić information content (AvgIpc) is 2.94. The van der Waals surface area contributed by atoms with Crippen molar-refractivity contribution >= 4 is 21.4 Å². The van der Waals surface area contributed by atoms with Crippen molar-refractivity contribution in [1.29, 1.82) is 0 Å². The molecule has 1 aliphatic heterocycles. The van der Waals surface area contributed by atoms with E-state index in [1.807, 2.05) is 0 Å². The first kappa shape index (κ1) is 18.8. The first-order chi connectivity index (χ1) is 11.9. The van der Waals surface area contributed by atoms with Crippen molar-refractivity contribution in [2.75, 3.05) is 6.26 Å². The van der Waals surface area contributed by atoms with Crippen LogP contribution in [-0.2, 0) is 24.1 Å². The van der Waals surface area contributed by atoms with Gasteiger partial charge < -0.3 is 9.47 Å². The monoisotopic (exact) mass is 386 g/mol. The maximum absolute atomic E-state index is 13.9. The van der Waals surface area contributed by atoms with Gasteiger partial charge in [0.05, 0.1) is 10.5 Å². The number of carbonyl (C=O) groups is 1. The molecule has 0 spiro atoms. The van der Waals surface area contributed by atoms with E-state index in [0.29, 0.717) is 17.6 Å². The molecule has 0 N–H and O–H groups in total. The highest BCUT2D eigenvalue weighted by Gasteiger charge is 2.50. The van der Waals surface area contributed by atoms with Crippen LogP contribution < -0.4 is 0 Å². The molecule has 1 unspecified atom stereocenters. The van der Waals surface area contributed by atoms with Gasteiger partial charge in [-0.05, 0) is 44.4 Å². The molecule has 1 aromatic carbocycles. The van der Waals surface area contributed by atoms with Crippen molar-refractivity contribution < 1.29 is 31.5 Å². The number of esters is 1. The van der Waals surface area contributed by atoms with E-state index in [1.54, 1.807) is 13.8 Å². The highest BCUT2D eigenvalue weighted by molar-refractivity contribution is 7.90. The zero-order valence-corrected chi connectivity index (χ0v) is 15.5. The number of ether oxygens (including phenoxy) is 2. The van der Waals surface area contributed by atoms with Gasteiger partial charge in [-0.25, -0.2) is 22.0 Å². The summed E-state index contributed by atoms with van der Waals surface area (Å²) >= 11 is 0. The Kier molecular flexibility index (Phi) is 4.37. The third-order valence-corrected chi connectivity index (χ3v) is 5.77. The van der Waals surface area contributed by atoms with Gasteiger partial charge in [-0.3, -0.25) is 0 Å². The number of halogens is 2. The van der Waals surface area contributed by atoms with E-state index in [1.165, 1.54) is 24.3 Å². The standard InChI is InChI=1S/C18H20F2O5S/c1-17(2)14(11-6-8-12(9-7-11)26(3,22)23)15(16(21)25-17)24-13-5-4-10-18(13,19)20/h6-9,13H,4-5,10H2,1-3H3. The molecule has 8 heteroatoms. The van der Waals surface area contributed by atoms with E-state index >= 15 is 0 Å². The van der Waals surface area contributed by atoms with E-state index < -0.39 is 33.4 Å². The Balaban J connectivity index is 2.04. The summed E-state index contributed by atoms with van der Waals surface area (Å²) in [5, 5.41) is 0. The number of alkyl halides is 2. The molecule has 0 saturated heterocycles. The topological polar surface area (TPSA) is 69.7 Å². The maximum atomic E-state index is 13.9. The number of benzene rings is 1. The Morgan fingerprint density at radius 1 is 1.19 bits per heavy atom. The van der Waals surface area contributed by atoms with Crippen molar-refractivity contribution in [3.05, 3.63) is 35.6 Å². The van der Waals surface area contributed by atoms with Crippen LogP contribution in [0, 0.1) is 0 Å². The van der Waals surface area contributed by atoms with Crippen molar-refractivity contribution in [3.8, 4) is 0 Å². The minimum atomic E-state index is -3.37. The van der Waals surface area contributed by atoms with Gasteiger partial charge >= 0.3 is 5.97 Å². The SMILES string of the molecule is CC1(C)OC(=O)C(OC2CCCC2(F)F)=C1c1ccc(S(C)(=O)=O)cc1. The molecule has 26 heavy (non-hydrogen) atoms. The molecule has 1 atom stereocenters. The van der Waals surface area contributed by atoms with Crippen molar-refractivity contribution in [2.45, 2.75) is 55.6 Å². The van der Waals surface area contributed by atoms with Crippen molar-refractivity contribution in [3.63, 3.8) is 0 Å². The summed E-state index contributed by atoms with van der Waals surface area (Å²) in [4.78, 5) is 12.4. The second-order valence-electron chi connectivity index (χ2n) is 7.16. The Morgan fingerprint density at radius 2 is 1.81 bits per heavy atom. The van der Waals surface area contributed by atoms with Gasteiger partial charge in [-0.1, -0.05) is 12.1 Å². The fourth-order valence-electron chi connectivity index (χ4n) is 3.34. The molecular weight excluding hydrogens is 366 g/mol. The lowest BCUT2D eigenvalue weighted by atomic mass is 9.92. The molecule has 5 nitrogen and oxygen atoms in total. The second-order valence-corrected chi connectivity index (χ2v) is 9.18. The average molecular weight is 386 g/mol. The molecule has 1 aliphatic carbocycles.